The van der Waals surface area contributed by atoms with Crippen LogP contribution in [0.1, 0.15) is 13.3 Å². The maximum Gasteiger partial charge on any atom is 0.337 e. The number of morpholine rings is 1. The summed E-state index contributed by atoms with van der Waals surface area (Å²) in [6.07, 6.45) is 0.894. The van der Waals surface area contributed by atoms with Crippen molar-refractivity contribution in [3.05, 3.63) is 0 Å². The summed E-state index contributed by atoms with van der Waals surface area (Å²) in [5, 5.41) is 0. The fourth-order valence-electron chi connectivity index (χ4n) is 1.79. The lowest BCUT2D eigenvalue weighted by Crippen LogP contribution is -2.52. The van der Waals surface area contributed by atoms with E-state index in [9.17, 15) is 4.79 Å². The van der Waals surface area contributed by atoms with Gasteiger partial charge in [-0.05, 0) is 6.42 Å². The molecule has 0 saturated carbocycles. The van der Waals surface area contributed by atoms with Gasteiger partial charge in [0.15, 0.2) is 0 Å². The molecule has 1 rings (SSSR count). The van der Waals surface area contributed by atoms with Crippen LogP contribution < -0.4 is 5.73 Å². The second-order valence-corrected chi connectivity index (χ2v) is 3.45. The first kappa shape index (κ1) is 11.3. The molecule has 2 amide bonds. The molecule has 1 unspecified atom stereocenters. The quantitative estimate of drug-likeness (QED) is 0.662. The largest absolute Gasteiger partial charge is 0.379 e. The number of ether oxygens (including phenoxy) is 1. The maximum atomic E-state index is 10.9. The van der Waals surface area contributed by atoms with E-state index in [2.05, 4.69) is 4.90 Å². The Morgan fingerprint density at radius 2 is 2.14 bits per heavy atom. The van der Waals surface area contributed by atoms with E-state index in [0.717, 1.165) is 32.7 Å². The number of hydrogen-bond acceptors (Lipinski definition) is 3. The Labute approximate surface area is 84.8 Å². The molecule has 1 aliphatic heterocycles. The number of urea groups is 1. The third kappa shape index (κ3) is 2.59. The van der Waals surface area contributed by atoms with E-state index >= 15 is 0 Å². The van der Waals surface area contributed by atoms with E-state index in [4.69, 9.17) is 10.5 Å². The third-order valence-electron chi connectivity index (χ3n) is 2.60. The number of nitrogens with one attached hydrogen (secondary N) is 1. The van der Waals surface area contributed by atoms with Crippen LogP contribution >= 0.6 is 0 Å². The summed E-state index contributed by atoms with van der Waals surface area (Å²) in [7, 11) is 1.68. The monoisotopic (exact) mass is 200 g/mol. The highest BCUT2D eigenvalue weighted by molar-refractivity contribution is 5.71. The van der Waals surface area contributed by atoms with Gasteiger partial charge in [0.2, 0.25) is 0 Å². The molecule has 1 N–H and O–H groups in total. The normalized spacial score (nSPS) is 20.4. The average Bonchev–Trinajstić information content (AvgIpc) is 2.20. The zero-order valence-electron chi connectivity index (χ0n) is 8.82. The average molecular weight is 200 g/mol. The Kier molecular flexibility index (Phi) is 4.16. The van der Waals surface area contributed by atoms with E-state index < -0.39 is 6.03 Å². The molecule has 1 radical (unpaired) electrons. The van der Waals surface area contributed by atoms with Gasteiger partial charge in [-0.15, -0.1) is 0 Å². The van der Waals surface area contributed by atoms with Crippen molar-refractivity contribution in [3.63, 3.8) is 0 Å². The first-order valence-corrected chi connectivity index (χ1v) is 4.97. The SMILES string of the molecule is CCC(N1CCOCC1)N(C)C([NH])=O. The molecular weight excluding hydrogens is 182 g/mol. The molecule has 5 heteroatoms. The van der Waals surface area contributed by atoms with Gasteiger partial charge >= 0.3 is 6.03 Å². The van der Waals surface area contributed by atoms with Gasteiger partial charge in [-0.1, -0.05) is 6.92 Å². The molecule has 14 heavy (non-hydrogen) atoms. The van der Waals surface area contributed by atoms with Gasteiger partial charge in [0.25, 0.3) is 0 Å². The van der Waals surface area contributed by atoms with Crippen LogP contribution in [0.15, 0.2) is 0 Å². The fraction of sp³-hybridized carbons (Fsp3) is 0.889. The van der Waals surface area contributed by atoms with Crippen molar-refractivity contribution in [2.45, 2.75) is 19.5 Å². The van der Waals surface area contributed by atoms with Gasteiger partial charge in [-0.2, -0.15) is 0 Å². The second kappa shape index (κ2) is 5.17. The van der Waals surface area contributed by atoms with E-state index in [0.29, 0.717) is 0 Å². The van der Waals surface area contributed by atoms with Crippen LogP contribution in [0.2, 0.25) is 0 Å². The van der Waals surface area contributed by atoms with Crippen LogP contribution in [0.3, 0.4) is 0 Å². The predicted molar refractivity (Wildman–Crippen MR) is 52.7 cm³/mol. The van der Waals surface area contributed by atoms with Crippen molar-refractivity contribution in [3.8, 4) is 0 Å². The van der Waals surface area contributed by atoms with Crippen LogP contribution in [-0.2, 0) is 4.74 Å². The molecule has 0 aliphatic carbocycles. The minimum absolute atomic E-state index is 0.0453. The lowest BCUT2D eigenvalue weighted by molar-refractivity contribution is -0.0158. The van der Waals surface area contributed by atoms with Crippen molar-refractivity contribution < 1.29 is 9.53 Å². The van der Waals surface area contributed by atoms with Crippen molar-refractivity contribution in [2.75, 3.05) is 33.4 Å². The molecule has 1 atom stereocenters. The number of nitrogens with zero attached hydrogens (tertiary/aromatic N) is 2. The van der Waals surface area contributed by atoms with Gasteiger partial charge in [0.1, 0.15) is 0 Å². The summed E-state index contributed by atoms with van der Waals surface area (Å²) >= 11 is 0. The lowest BCUT2D eigenvalue weighted by Gasteiger charge is -2.38. The summed E-state index contributed by atoms with van der Waals surface area (Å²) in [5.74, 6) is 0. The van der Waals surface area contributed by atoms with Gasteiger partial charge < -0.3 is 9.64 Å². The van der Waals surface area contributed by atoms with E-state index in [1.165, 1.54) is 4.90 Å². The highest BCUT2D eigenvalue weighted by atomic mass is 16.5. The van der Waals surface area contributed by atoms with Crippen molar-refractivity contribution in [1.29, 1.82) is 0 Å². The zero-order valence-corrected chi connectivity index (χ0v) is 8.82. The number of carbonyl (C=O) groups is 1. The Morgan fingerprint density at radius 1 is 1.57 bits per heavy atom. The molecule has 0 aromatic heterocycles. The van der Waals surface area contributed by atoms with Crippen molar-refractivity contribution in [2.24, 2.45) is 0 Å². The molecule has 1 saturated heterocycles. The standard InChI is InChI=1S/C9H18N3O2/c1-3-8(11(2)9(10)13)12-4-6-14-7-5-12/h8,10H,3-7H2,1-2H3. The number of rotatable bonds is 3. The van der Waals surface area contributed by atoms with Crippen LogP contribution in [0, 0.1) is 0 Å². The Morgan fingerprint density at radius 3 is 2.57 bits per heavy atom. The summed E-state index contributed by atoms with van der Waals surface area (Å²) in [5.41, 5.74) is 7.07. The predicted octanol–water partition coefficient (Wildman–Crippen LogP) is 0.389. The summed E-state index contributed by atoms with van der Waals surface area (Å²) in [6, 6.07) is -0.622. The topological polar surface area (TPSA) is 56.6 Å². The molecule has 0 spiro atoms. The Balaban J connectivity index is 2.55. The molecular formula is C9H18N3O2. The highest BCUT2D eigenvalue weighted by Gasteiger charge is 2.24. The van der Waals surface area contributed by atoms with Crippen molar-refractivity contribution in [1.82, 2.24) is 15.5 Å². The van der Waals surface area contributed by atoms with E-state index in [1.807, 2.05) is 6.92 Å². The van der Waals surface area contributed by atoms with Crippen LogP contribution in [-0.4, -0.2) is 55.3 Å². The van der Waals surface area contributed by atoms with E-state index in [-0.39, 0.29) is 6.17 Å². The first-order valence-electron chi connectivity index (χ1n) is 4.97. The van der Waals surface area contributed by atoms with Gasteiger partial charge in [-0.3, -0.25) is 4.90 Å². The number of carbonyl (C=O) groups excluding carboxylic acids is 1. The summed E-state index contributed by atoms with van der Waals surface area (Å²) < 4.78 is 5.24. The zero-order chi connectivity index (χ0) is 10.6. The maximum absolute atomic E-state index is 10.9. The Bertz CT molecular complexity index is 192. The molecule has 1 heterocycles. The summed E-state index contributed by atoms with van der Waals surface area (Å²) in [6.45, 7) is 5.15. The minimum Gasteiger partial charge on any atom is -0.379 e. The Hall–Kier alpha value is -0.810. The minimum atomic E-state index is -0.622. The molecule has 0 aromatic carbocycles. The second-order valence-electron chi connectivity index (χ2n) is 3.45. The van der Waals surface area contributed by atoms with Gasteiger partial charge in [0, 0.05) is 20.1 Å². The number of hydrogen-bond donors (Lipinski definition) is 0. The molecule has 0 aromatic rings. The lowest BCUT2D eigenvalue weighted by atomic mass is 10.2. The smallest absolute Gasteiger partial charge is 0.337 e. The van der Waals surface area contributed by atoms with Crippen molar-refractivity contribution >= 4 is 6.03 Å². The van der Waals surface area contributed by atoms with Gasteiger partial charge in [0.05, 0.1) is 19.4 Å². The fourth-order valence-corrected chi connectivity index (χ4v) is 1.79. The molecule has 5 nitrogen and oxygen atoms in total. The number of amides is 2. The summed E-state index contributed by atoms with van der Waals surface area (Å²) in [4.78, 5) is 14.6. The third-order valence-corrected chi connectivity index (χ3v) is 2.60. The van der Waals surface area contributed by atoms with Gasteiger partial charge in [-0.25, -0.2) is 10.5 Å². The molecule has 0 bridgehead atoms. The van der Waals surface area contributed by atoms with E-state index in [1.54, 1.807) is 7.05 Å². The molecule has 81 valence electrons. The first-order chi connectivity index (χ1) is 6.66. The molecule has 1 aliphatic rings. The van der Waals surface area contributed by atoms with Crippen LogP contribution in [0.25, 0.3) is 0 Å². The molecule has 1 fully saturated rings. The highest BCUT2D eigenvalue weighted by Crippen LogP contribution is 2.10. The van der Waals surface area contributed by atoms with Crippen LogP contribution in [0.5, 0.6) is 0 Å². The van der Waals surface area contributed by atoms with Crippen LogP contribution in [0.4, 0.5) is 4.79 Å².